The molecular formula is C24H19FN2O4. The number of ether oxygens (including phenoxy) is 1. The molecule has 0 spiro atoms. The van der Waals surface area contributed by atoms with Gasteiger partial charge in [-0.25, -0.2) is 9.18 Å². The largest absolute Gasteiger partial charge is 0.452 e. The number of carbonyl (C=O) groups is 2. The maximum Gasteiger partial charge on any atom is 0.338 e. The van der Waals surface area contributed by atoms with Crippen molar-refractivity contribution in [1.82, 2.24) is 10.1 Å². The molecule has 1 heterocycles. The Kier molecular flexibility index (Phi) is 5.75. The maximum atomic E-state index is 13.0. The summed E-state index contributed by atoms with van der Waals surface area (Å²) in [5, 5.41) is 4.71. The van der Waals surface area contributed by atoms with E-state index in [0.29, 0.717) is 22.2 Å². The van der Waals surface area contributed by atoms with Gasteiger partial charge in [-0.2, -0.15) is 0 Å². The Morgan fingerprint density at radius 1 is 1.03 bits per heavy atom. The lowest BCUT2D eigenvalue weighted by molar-refractivity contribution is -0.133. The van der Waals surface area contributed by atoms with Gasteiger partial charge < -0.3 is 14.2 Å². The number of carbonyl (C=O) groups excluding carboxylic acids is 2. The van der Waals surface area contributed by atoms with Crippen molar-refractivity contribution in [3.05, 3.63) is 89.7 Å². The number of fused-ring (bicyclic) bond motifs is 1. The topological polar surface area (TPSA) is 72.6 Å². The Morgan fingerprint density at radius 2 is 1.77 bits per heavy atom. The van der Waals surface area contributed by atoms with E-state index in [9.17, 15) is 14.0 Å². The smallest absolute Gasteiger partial charge is 0.338 e. The highest BCUT2D eigenvalue weighted by molar-refractivity contribution is 5.99. The van der Waals surface area contributed by atoms with Crippen LogP contribution in [0.4, 0.5) is 4.39 Å². The highest BCUT2D eigenvalue weighted by atomic mass is 19.1. The highest BCUT2D eigenvalue weighted by Gasteiger charge is 2.17. The van der Waals surface area contributed by atoms with Crippen LogP contribution in [-0.2, 0) is 16.1 Å². The SMILES string of the molecule is CN(Cc1ccc(F)cc1)C(=O)COC(=O)c1ccc2noc(-c3ccccc3)c2c1. The van der Waals surface area contributed by atoms with Gasteiger partial charge >= 0.3 is 5.97 Å². The first-order chi connectivity index (χ1) is 15.0. The average molecular weight is 418 g/mol. The van der Waals surface area contributed by atoms with Crippen LogP contribution in [0.1, 0.15) is 15.9 Å². The second-order valence-electron chi connectivity index (χ2n) is 7.06. The summed E-state index contributed by atoms with van der Waals surface area (Å²) in [7, 11) is 1.59. The standard InChI is InChI=1S/C24H19FN2O4/c1-27(14-16-7-10-19(25)11-8-16)22(28)15-30-24(29)18-9-12-21-20(13-18)23(31-26-21)17-5-3-2-4-6-17/h2-13H,14-15H2,1H3. The van der Waals surface area contributed by atoms with Gasteiger partial charge in [0.2, 0.25) is 0 Å². The summed E-state index contributed by atoms with van der Waals surface area (Å²) in [5.41, 5.74) is 2.52. The lowest BCUT2D eigenvalue weighted by Gasteiger charge is -2.17. The lowest BCUT2D eigenvalue weighted by atomic mass is 10.1. The number of hydrogen-bond donors (Lipinski definition) is 0. The van der Waals surface area contributed by atoms with Crippen LogP contribution in [0.5, 0.6) is 0 Å². The van der Waals surface area contributed by atoms with E-state index in [2.05, 4.69) is 5.16 Å². The monoisotopic (exact) mass is 418 g/mol. The molecule has 6 nitrogen and oxygen atoms in total. The molecule has 0 aliphatic carbocycles. The van der Waals surface area contributed by atoms with Crippen molar-refractivity contribution in [3.63, 3.8) is 0 Å². The summed E-state index contributed by atoms with van der Waals surface area (Å²) in [5.74, 6) is -0.772. The quantitative estimate of drug-likeness (QED) is 0.433. The summed E-state index contributed by atoms with van der Waals surface area (Å²) in [6, 6.07) is 20.2. The van der Waals surface area contributed by atoms with Crippen molar-refractivity contribution in [2.75, 3.05) is 13.7 Å². The maximum absolute atomic E-state index is 13.0. The van der Waals surface area contributed by atoms with E-state index in [-0.39, 0.29) is 18.3 Å². The molecule has 0 unspecified atom stereocenters. The summed E-state index contributed by atoms with van der Waals surface area (Å²) in [6.45, 7) is -0.118. The molecule has 4 aromatic rings. The molecule has 31 heavy (non-hydrogen) atoms. The minimum Gasteiger partial charge on any atom is -0.452 e. The molecule has 0 radical (unpaired) electrons. The number of nitrogens with zero attached hydrogens (tertiary/aromatic N) is 2. The number of benzene rings is 3. The molecule has 4 rings (SSSR count). The Bertz CT molecular complexity index is 1220. The number of aromatic nitrogens is 1. The van der Waals surface area contributed by atoms with E-state index < -0.39 is 12.6 Å². The predicted molar refractivity (Wildman–Crippen MR) is 113 cm³/mol. The molecule has 1 amide bonds. The van der Waals surface area contributed by atoms with E-state index in [1.54, 1.807) is 37.4 Å². The van der Waals surface area contributed by atoms with Crippen LogP contribution in [0, 0.1) is 5.82 Å². The van der Waals surface area contributed by atoms with Crippen LogP contribution in [0.2, 0.25) is 0 Å². The minimum atomic E-state index is -0.620. The fourth-order valence-electron chi connectivity index (χ4n) is 3.14. The van der Waals surface area contributed by atoms with E-state index in [4.69, 9.17) is 9.26 Å². The van der Waals surface area contributed by atoms with E-state index >= 15 is 0 Å². The molecule has 0 atom stereocenters. The second kappa shape index (κ2) is 8.79. The number of amides is 1. The van der Waals surface area contributed by atoms with Gasteiger partial charge in [0.25, 0.3) is 5.91 Å². The van der Waals surface area contributed by atoms with Crippen molar-refractivity contribution in [1.29, 1.82) is 0 Å². The third-order valence-electron chi connectivity index (χ3n) is 4.83. The van der Waals surface area contributed by atoms with Crippen LogP contribution in [0.15, 0.2) is 77.3 Å². The van der Waals surface area contributed by atoms with Gasteiger partial charge in [0, 0.05) is 19.2 Å². The molecular weight excluding hydrogens is 399 g/mol. The van der Waals surface area contributed by atoms with Crippen molar-refractivity contribution in [2.45, 2.75) is 6.54 Å². The first-order valence-corrected chi connectivity index (χ1v) is 9.61. The van der Waals surface area contributed by atoms with Gasteiger partial charge in [0.05, 0.1) is 10.9 Å². The summed E-state index contributed by atoms with van der Waals surface area (Å²) >= 11 is 0. The number of hydrogen-bond acceptors (Lipinski definition) is 5. The number of esters is 1. The van der Waals surface area contributed by atoms with E-state index in [1.807, 2.05) is 30.3 Å². The predicted octanol–water partition coefficient (Wildman–Crippen LogP) is 4.45. The summed E-state index contributed by atoms with van der Waals surface area (Å²) in [6.07, 6.45) is 0. The first kappa shape index (κ1) is 20.3. The molecule has 0 N–H and O–H groups in total. The molecule has 0 bridgehead atoms. The van der Waals surface area contributed by atoms with Crippen molar-refractivity contribution >= 4 is 22.8 Å². The third-order valence-corrected chi connectivity index (χ3v) is 4.83. The van der Waals surface area contributed by atoms with Crippen molar-refractivity contribution < 1.29 is 23.2 Å². The van der Waals surface area contributed by atoms with Gasteiger partial charge in [-0.1, -0.05) is 47.6 Å². The molecule has 1 aromatic heterocycles. The Morgan fingerprint density at radius 3 is 2.52 bits per heavy atom. The van der Waals surface area contributed by atoms with Gasteiger partial charge in [0.1, 0.15) is 11.3 Å². The number of halogens is 1. The molecule has 0 aliphatic heterocycles. The molecule has 7 heteroatoms. The summed E-state index contributed by atoms with van der Waals surface area (Å²) < 4.78 is 23.6. The lowest BCUT2D eigenvalue weighted by Crippen LogP contribution is -2.30. The molecule has 0 aliphatic rings. The fourth-order valence-corrected chi connectivity index (χ4v) is 3.14. The first-order valence-electron chi connectivity index (χ1n) is 9.61. The zero-order valence-electron chi connectivity index (χ0n) is 16.7. The zero-order chi connectivity index (χ0) is 21.8. The van der Waals surface area contributed by atoms with Crippen LogP contribution in [-0.4, -0.2) is 35.6 Å². The van der Waals surface area contributed by atoms with E-state index in [0.717, 1.165) is 11.1 Å². The average Bonchev–Trinajstić information content (AvgIpc) is 3.22. The molecule has 0 fully saturated rings. The zero-order valence-corrected chi connectivity index (χ0v) is 16.7. The Labute approximate surface area is 177 Å². The van der Waals surface area contributed by atoms with Crippen LogP contribution < -0.4 is 0 Å². The van der Waals surface area contributed by atoms with Crippen molar-refractivity contribution in [2.24, 2.45) is 0 Å². The van der Waals surface area contributed by atoms with E-state index in [1.165, 1.54) is 17.0 Å². The van der Waals surface area contributed by atoms with Gasteiger partial charge in [-0.3, -0.25) is 4.79 Å². The number of likely N-dealkylation sites (N-methyl/N-ethyl adjacent to an activating group) is 1. The number of rotatable bonds is 6. The summed E-state index contributed by atoms with van der Waals surface area (Å²) in [4.78, 5) is 26.2. The molecule has 3 aromatic carbocycles. The normalized spacial score (nSPS) is 10.8. The van der Waals surface area contributed by atoms with Gasteiger partial charge in [-0.05, 0) is 35.9 Å². The Balaban J connectivity index is 1.42. The minimum absolute atomic E-state index is 0.281. The van der Waals surface area contributed by atoms with Gasteiger partial charge in [0.15, 0.2) is 12.4 Å². The second-order valence-corrected chi connectivity index (χ2v) is 7.06. The van der Waals surface area contributed by atoms with Crippen molar-refractivity contribution in [3.8, 4) is 11.3 Å². The molecule has 156 valence electrons. The molecule has 0 saturated carbocycles. The van der Waals surface area contributed by atoms with Gasteiger partial charge in [-0.15, -0.1) is 0 Å². The Hall–Kier alpha value is -4.00. The van der Waals surface area contributed by atoms with Crippen LogP contribution >= 0.6 is 0 Å². The fraction of sp³-hybridized carbons (Fsp3) is 0.125. The highest BCUT2D eigenvalue weighted by Crippen LogP contribution is 2.29. The molecule has 0 saturated heterocycles. The third kappa shape index (κ3) is 4.61. The van der Waals surface area contributed by atoms with Crippen LogP contribution in [0.3, 0.4) is 0 Å². The van der Waals surface area contributed by atoms with Crippen LogP contribution in [0.25, 0.3) is 22.2 Å².